The largest absolute Gasteiger partial charge is 0.416 e. The highest BCUT2D eigenvalue weighted by atomic mass is 19.4. The molecular formula is C17H19F3N4O. The van der Waals surface area contributed by atoms with Crippen LogP contribution in [0.15, 0.2) is 24.4 Å². The van der Waals surface area contributed by atoms with E-state index in [9.17, 15) is 13.2 Å². The molecule has 0 bridgehead atoms. The fourth-order valence-electron chi connectivity index (χ4n) is 3.65. The minimum absolute atomic E-state index is 0.0612. The van der Waals surface area contributed by atoms with Gasteiger partial charge in [-0.3, -0.25) is 4.90 Å². The highest BCUT2D eigenvalue weighted by molar-refractivity contribution is 5.32. The number of aromatic nitrogens is 3. The van der Waals surface area contributed by atoms with Gasteiger partial charge in [-0.1, -0.05) is 11.3 Å². The lowest BCUT2D eigenvalue weighted by Crippen LogP contribution is -2.47. The number of likely N-dealkylation sites (tertiary alicyclic amines) is 1. The number of alkyl halides is 3. The van der Waals surface area contributed by atoms with Gasteiger partial charge in [-0.25, -0.2) is 4.68 Å². The summed E-state index contributed by atoms with van der Waals surface area (Å²) in [5.41, 5.74) is 1.93. The zero-order chi connectivity index (χ0) is 17.6. The van der Waals surface area contributed by atoms with E-state index in [0.29, 0.717) is 25.3 Å². The van der Waals surface area contributed by atoms with Crippen LogP contribution in [0, 0.1) is 6.92 Å². The zero-order valence-corrected chi connectivity index (χ0v) is 13.8. The third-order valence-corrected chi connectivity index (χ3v) is 5.08. The monoisotopic (exact) mass is 352 g/mol. The van der Waals surface area contributed by atoms with Crippen LogP contribution in [0.3, 0.4) is 0 Å². The summed E-state index contributed by atoms with van der Waals surface area (Å²) < 4.78 is 46.7. The van der Waals surface area contributed by atoms with Gasteiger partial charge < -0.3 is 4.74 Å². The quantitative estimate of drug-likeness (QED) is 0.834. The van der Waals surface area contributed by atoms with Crippen LogP contribution in [0.2, 0.25) is 0 Å². The molecule has 0 spiro atoms. The third kappa shape index (κ3) is 3.16. The predicted molar refractivity (Wildman–Crippen MR) is 83.7 cm³/mol. The van der Waals surface area contributed by atoms with Crippen molar-refractivity contribution >= 4 is 0 Å². The van der Waals surface area contributed by atoms with Gasteiger partial charge in [0.15, 0.2) is 0 Å². The molecule has 134 valence electrons. The molecule has 5 nitrogen and oxygen atoms in total. The van der Waals surface area contributed by atoms with Crippen molar-refractivity contribution in [1.82, 2.24) is 19.9 Å². The van der Waals surface area contributed by atoms with Crippen LogP contribution in [0.1, 0.15) is 34.8 Å². The number of piperidine rings is 1. The Hall–Kier alpha value is -1.93. The summed E-state index contributed by atoms with van der Waals surface area (Å²) in [6, 6.07) is 4.01. The second kappa shape index (κ2) is 6.10. The second-order valence-corrected chi connectivity index (χ2v) is 6.75. The van der Waals surface area contributed by atoms with Gasteiger partial charge in [0.1, 0.15) is 0 Å². The number of aryl methyl sites for hydroxylation is 1. The first kappa shape index (κ1) is 16.5. The van der Waals surface area contributed by atoms with Gasteiger partial charge in [-0.15, -0.1) is 5.10 Å². The van der Waals surface area contributed by atoms with Gasteiger partial charge in [-0.2, -0.15) is 13.2 Å². The highest BCUT2D eigenvalue weighted by Crippen LogP contribution is 2.33. The molecule has 0 unspecified atom stereocenters. The van der Waals surface area contributed by atoms with Crippen LogP contribution in [-0.4, -0.2) is 39.1 Å². The Balaban J connectivity index is 1.53. The first-order valence-electron chi connectivity index (χ1n) is 8.31. The van der Waals surface area contributed by atoms with Crippen LogP contribution in [0.4, 0.5) is 13.2 Å². The number of fused-ring (bicyclic) bond motifs is 3. The number of benzene rings is 1. The Morgan fingerprint density at radius 3 is 2.96 bits per heavy atom. The molecule has 8 heteroatoms. The van der Waals surface area contributed by atoms with Crippen molar-refractivity contribution in [2.75, 3.05) is 13.1 Å². The van der Waals surface area contributed by atoms with Gasteiger partial charge in [0.05, 0.1) is 36.2 Å². The van der Waals surface area contributed by atoms with Gasteiger partial charge in [0, 0.05) is 19.6 Å². The Kier molecular flexibility index (Phi) is 4.04. The van der Waals surface area contributed by atoms with E-state index in [-0.39, 0.29) is 12.1 Å². The number of hydrogen-bond donors (Lipinski definition) is 0. The maximum absolute atomic E-state index is 13.0. The molecule has 25 heavy (non-hydrogen) atoms. The van der Waals surface area contributed by atoms with Crippen LogP contribution in [0.5, 0.6) is 0 Å². The molecule has 2 atom stereocenters. The lowest BCUT2D eigenvalue weighted by atomic mass is 9.98. The average molecular weight is 352 g/mol. The predicted octanol–water partition coefficient (Wildman–Crippen LogP) is 2.95. The zero-order valence-electron chi connectivity index (χ0n) is 13.8. The molecule has 2 aromatic rings. The van der Waals surface area contributed by atoms with E-state index in [1.165, 1.54) is 6.07 Å². The van der Waals surface area contributed by atoms with E-state index in [2.05, 4.69) is 15.2 Å². The Morgan fingerprint density at radius 1 is 1.32 bits per heavy atom. The van der Waals surface area contributed by atoms with Crippen LogP contribution < -0.4 is 0 Å². The summed E-state index contributed by atoms with van der Waals surface area (Å²) >= 11 is 0. The summed E-state index contributed by atoms with van der Waals surface area (Å²) in [7, 11) is 0. The lowest BCUT2D eigenvalue weighted by molar-refractivity contribution is -0.137. The van der Waals surface area contributed by atoms with E-state index in [1.807, 2.05) is 11.6 Å². The SMILES string of the molecule is Cc1ccc(C(F)(F)F)cc1CN1CC[C@H]2OCc3cnnn3[C@@H]2C1. The van der Waals surface area contributed by atoms with Crippen molar-refractivity contribution in [1.29, 1.82) is 0 Å². The number of rotatable bonds is 2. The fourth-order valence-corrected chi connectivity index (χ4v) is 3.65. The highest BCUT2D eigenvalue weighted by Gasteiger charge is 2.36. The molecule has 0 aliphatic carbocycles. The van der Waals surface area contributed by atoms with Crippen LogP contribution >= 0.6 is 0 Å². The van der Waals surface area contributed by atoms with Crippen molar-refractivity contribution in [2.24, 2.45) is 0 Å². The fraction of sp³-hybridized carbons (Fsp3) is 0.529. The maximum atomic E-state index is 13.0. The molecule has 0 saturated carbocycles. The topological polar surface area (TPSA) is 43.2 Å². The normalized spacial score (nSPS) is 24.0. The van der Waals surface area contributed by atoms with Gasteiger partial charge in [0.2, 0.25) is 0 Å². The molecule has 0 amide bonds. The Labute approximate surface area is 143 Å². The number of hydrogen-bond acceptors (Lipinski definition) is 4. The van der Waals surface area contributed by atoms with Gasteiger partial charge in [-0.05, 0) is 36.6 Å². The smallest absolute Gasteiger partial charge is 0.370 e. The summed E-state index contributed by atoms with van der Waals surface area (Å²) in [5, 5.41) is 8.10. The van der Waals surface area contributed by atoms with Crippen LogP contribution in [0.25, 0.3) is 0 Å². The van der Waals surface area contributed by atoms with Crippen molar-refractivity contribution in [2.45, 2.75) is 44.8 Å². The molecule has 2 aliphatic rings. The summed E-state index contributed by atoms with van der Waals surface area (Å²) in [6.07, 6.45) is -1.69. The standard InChI is InChI=1S/C17H19F3N4O/c1-11-2-3-13(17(18,19)20)6-12(11)8-23-5-4-16-15(9-23)24-14(10-25-16)7-21-22-24/h2-3,6-7,15-16H,4-5,8-10H2,1H3/t15-,16-/m1/s1. The van der Waals surface area contributed by atoms with E-state index >= 15 is 0 Å². The lowest BCUT2D eigenvalue weighted by Gasteiger charge is -2.41. The number of nitrogens with zero attached hydrogens (tertiary/aromatic N) is 4. The molecule has 1 aromatic carbocycles. The average Bonchev–Trinajstić information content (AvgIpc) is 3.05. The van der Waals surface area contributed by atoms with E-state index in [4.69, 9.17) is 4.74 Å². The number of halogens is 3. The number of ether oxygens (including phenoxy) is 1. The van der Waals surface area contributed by atoms with Crippen molar-refractivity contribution in [3.8, 4) is 0 Å². The van der Waals surface area contributed by atoms with Crippen molar-refractivity contribution < 1.29 is 17.9 Å². The molecule has 1 saturated heterocycles. The van der Waals surface area contributed by atoms with Crippen molar-refractivity contribution in [3.63, 3.8) is 0 Å². The third-order valence-electron chi connectivity index (χ3n) is 5.08. The van der Waals surface area contributed by atoms with Crippen LogP contribution in [-0.2, 0) is 24.1 Å². The first-order chi connectivity index (χ1) is 11.9. The van der Waals surface area contributed by atoms with E-state index < -0.39 is 11.7 Å². The molecule has 0 radical (unpaired) electrons. The second-order valence-electron chi connectivity index (χ2n) is 6.75. The Bertz CT molecular complexity index is 773. The summed E-state index contributed by atoms with van der Waals surface area (Å²) in [4.78, 5) is 2.17. The maximum Gasteiger partial charge on any atom is 0.416 e. The first-order valence-corrected chi connectivity index (χ1v) is 8.31. The molecule has 1 aromatic heterocycles. The molecule has 0 N–H and O–H groups in total. The molecular weight excluding hydrogens is 333 g/mol. The molecule has 2 aliphatic heterocycles. The van der Waals surface area contributed by atoms with Crippen molar-refractivity contribution in [3.05, 3.63) is 46.8 Å². The summed E-state index contributed by atoms with van der Waals surface area (Å²) in [6.45, 7) is 4.34. The van der Waals surface area contributed by atoms with E-state index in [0.717, 1.165) is 30.3 Å². The summed E-state index contributed by atoms with van der Waals surface area (Å²) in [5.74, 6) is 0. The Morgan fingerprint density at radius 2 is 2.16 bits per heavy atom. The van der Waals surface area contributed by atoms with Gasteiger partial charge in [0.25, 0.3) is 0 Å². The molecule has 1 fully saturated rings. The minimum atomic E-state index is -4.32. The van der Waals surface area contributed by atoms with Gasteiger partial charge >= 0.3 is 6.18 Å². The van der Waals surface area contributed by atoms with E-state index in [1.54, 1.807) is 12.3 Å². The minimum Gasteiger partial charge on any atom is -0.370 e. The molecule has 3 heterocycles. The molecule has 4 rings (SSSR count).